The molecule has 2 aromatic carbocycles. The summed E-state index contributed by atoms with van der Waals surface area (Å²) in [6.07, 6.45) is -4.85. The van der Waals surface area contributed by atoms with Gasteiger partial charge < -0.3 is 19.5 Å². The number of para-hydroxylation sites is 4. The van der Waals surface area contributed by atoms with Gasteiger partial charge in [-0.05, 0) is 24.3 Å². The van der Waals surface area contributed by atoms with Gasteiger partial charge in [-0.25, -0.2) is 0 Å². The molecule has 0 radical (unpaired) electrons. The van der Waals surface area contributed by atoms with E-state index in [1.54, 1.807) is 24.3 Å². The molecule has 0 spiro atoms. The minimum absolute atomic E-state index is 0.108. The predicted octanol–water partition coefficient (Wildman–Crippen LogP) is 3.61. The third-order valence-electron chi connectivity index (χ3n) is 2.81. The first-order chi connectivity index (χ1) is 11.4. The van der Waals surface area contributed by atoms with Crippen LogP contribution in [-0.2, 0) is 4.79 Å². The second-order valence-electron chi connectivity index (χ2n) is 4.53. The molecule has 2 rings (SSSR count). The van der Waals surface area contributed by atoms with Crippen LogP contribution in [0.3, 0.4) is 0 Å². The molecule has 0 aliphatic heterocycles. The van der Waals surface area contributed by atoms with Gasteiger partial charge in [0.25, 0.3) is 5.91 Å². The minimum atomic E-state index is -4.85. The van der Waals surface area contributed by atoms with Gasteiger partial charge in [0.1, 0.15) is 0 Å². The number of benzene rings is 2. The summed E-state index contributed by atoms with van der Waals surface area (Å²) in [6.45, 7) is -0.402. The van der Waals surface area contributed by atoms with Crippen LogP contribution in [0.15, 0.2) is 48.5 Å². The highest BCUT2D eigenvalue weighted by molar-refractivity contribution is 5.93. The molecule has 8 heteroatoms. The first kappa shape index (κ1) is 17.5. The monoisotopic (exact) mass is 341 g/mol. The molecule has 0 aliphatic carbocycles. The second kappa shape index (κ2) is 7.58. The average molecular weight is 341 g/mol. The molecule has 0 atom stereocenters. The Hall–Kier alpha value is -2.90. The highest BCUT2D eigenvalue weighted by Crippen LogP contribution is 2.30. The van der Waals surface area contributed by atoms with E-state index in [1.165, 1.54) is 25.3 Å². The van der Waals surface area contributed by atoms with Crippen molar-refractivity contribution in [3.63, 3.8) is 0 Å². The molecule has 24 heavy (non-hydrogen) atoms. The second-order valence-corrected chi connectivity index (χ2v) is 4.53. The van der Waals surface area contributed by atoms with Crippen LogP contribution in [-0.4, -0.2) is 26.0 Å². The summed E-state index contributed by atoms with van der Waals surface area (Å²) < 4.78 is 51.2. The summed E-state index contributed by atoms with van der Waals surface area (Å²) in [6, 6.07) is 11.9. The number of alkyl halides is 3. The van der Waals surface area contributed by atoms with Gasteiger partial charge in [0.05, 0.1) is 12.8 Å². The van der Waals surface area contributed by atoms with Crippen molar-refractivity contribution in [2.45, 2.75) is 6.36 Å². The van der Waals surface area contributed by atoms with Crippen molar-refractivity contribution in [3.8, 4) is 17.2 Å². The number of hydrogen-bond acceptors (Lipinski definition) is 4. The Balaban J connectivity index is 2.00. The zero-order valence-corrected chi connectivity index (χ0v) is 12.6. The van der Waals surface area contributed by atoms with Gasteiger partial charge in [-0.15, -0.1) is 13.2 Å². The Labute approximate surface area is 135 Å². The van der Waals surface area contributed by atoms with Crippen LogP contribution in [0.25, 0.3) is 0 Å². The molecule has 0 aliphatic rings. The highest BCUT2D eigenvalue weighted by Gasteiger charge is 2.32. The summed E-state index contributed by atoms with van der Waals surface area (Å²) in [5.41, 5.74) is -0.108. The summed E-state index contributed by atoms with van der Waals surface area (Å²) in [4.78, 5) is 11.9. The van der Waals surface area contributed by atoms with E-state index in [0.29, 0.717) is 11.5 Å². The van der Waals surface area contributed by atoms with Crippen molar-refractivity contribution in [2.24, 2.45) is 0 Å². The van der Waals surface area contributed by atoms with E-state index in [-0.39, 0.29) is 5.69 Å². The molecule has 0 saturated carbocycles. The van der Waals surface area contributed by atoms with Crippen molar-refractivity contribution in [2.75, 3.05) is 19.0 Å². The summed E-state index contributed by atoms with van der Waals surface area (Å²) in [5.74, 6) is -0.365. The quantitative estimate of drug-likeness (QED) is 0.872. The van der Waals surface area contributed by atoms with Crippen LogP contribution in [0.5, 0.6) is 17.2 Å². The Bertz CT molecular complexity index is 704. The van der Waals surface area contributed by atoms with Crippen LogP contribution < -0.4 is 19.5 Å². The maximum atomic E-state index is 12.3. The Morgan fingerprint density at radius 1 is 1.00 bits per heavy atom. The van der Waals surface area contributed by atoms with Crippen molar-refractivity contribution >= 4 is 11.6 Å². The van der Waals surface area contributed by atoms with Crippen LogP contribution in [0, 0.1) is 0 Å². The lowest BCUT2D eigenvalue weighted by molar-refractivity contribution is -0.274. The Kier molecular flexibility index (Phi) is 5.51. The van der Waals surface area contributed by atoms with E-state index in [1.807, 2.05) is 0 Å². The number of carbonyl (C=O) groups excluding carboxylic acids is 1. The fourth-order valence-electron chi connectivity index (χ4n) is 1.85. The number of hydrogen-bond donors (Lipinski definition) is 1. The normalized spacial score (nSPS) is 10.8. The molecule has 128 valence electrons. The summed E-state index contributed by atoms with van der Waals surface area (Å²) >= 11 is 0. The number of ether oxygens (including phenoxy) is 3. The molecule has 2 aromatic rings. The fourth-order valence-corrected chi connectivity index (χ4v) is 1.85. The highest BCUT2D eigenvalue weighted by atomic mass is 19.4. The van der Waals surface area contributed by atoms with Crippen LogP contribution in [0.4, 0.5) is 18.9 Å². The van der Waals surface area contributed by atoms with E-state index in [4.69, 9.17) is 9.47 Å². The Morgan fingerprint density at radius 3 is 2.21 bits per heavy atom. The molecule has 0 aromatic heterocycles. The topological polar surface area (TPSA) is 56.8 Å². The molecule has 0 unspecified atom stereocenters. The number of nitrogens with one attached hydrogen (secondary N) is 1. The number of anilines is 1. The van der Waals surface area contributed by atoms with Crippen LogP contribution >= 0.6 is 0 Å². The first-order valence-electron chi connectivity index (χ1n) is 6.79. The molecule has 1 amide bonds. The SMILES string of the molecule is COc1ccccc1OCC(=O)Nc1ccccc1OC(F)(F)F. The lowest BCUT2D eigenvalue weighted by atomic mass is 10.3. The van der Waals surface area contributed by atoms with E-state index in [2.05, 4.69) is 10.1 Å². The molecule has 0 bridgehead atoms. The minimum Gasteiger partial charge on any atom is -0.493 e. The molecule has 0 heterocycles. The van der Waals surface area contributed by atoms with E-state index in [9.17, 15) is 18.0 Å². The molecular formula is C16H14F3NO4. The van der Waals surface area contributed by atoms with Gasteiger partial charge in [0.2, 0.25) is 0 Å². The lowest BCUT2D eigenvalue weighted by Gasteiger charge is -2.14. The van der Waals surface area contributed by atoms with Gasteiger partial charge in [0, 0.05) is 0 Å². The van der Waals surface area contributed by atoms with Gasteiger partial charge >= 0.3 is 6.36 Å². The first-order valence-corrected chi connectivity index (χ1v) is 6.79. The zero-order valence-electron chi connectivity index (χ0n) is 12.6. The van der Waals surface area contributed by atoms with Gasteiger partial charge in [-0.3, -0.25) is 4.79 Å². The summed E-state index contributed by atoms with van der Waals surface area (Å²) in [7, 11) is 1.45. The van der Waals surface area contributed by atoms with Gasteiger partial charge in [0.15, 0.2) is 23.9 Å². The van der Waals surface area contributed by atoms with Crippen molar-refractivity contribution in [1.82, 2.24) is 0 Å². The van der Waals surface area contributed by atoms with Crippen molar-refractivity contribution in [1.29, 1.82) is 0 Å². The lowest BCUT2D eigenvalue weighted by Crippen LogP contribution is -2.22. The number of carbonyl (C=O) groups is 1. The van der Waals surface area contributed by atoms with Crippen LogP contribution in [0.2, 0.25) is 0 Å². The number of halogens is 3. The molecule has 1 N–H and O–H groups in total. The summed E-state index contributed by atoms with van der Waals surface area (Å²) in [5, 5.41) is 2.31. The Morgan fingerprint density at radius 2 is 1.58 bits per heavy atom. The maximum Gasteiger partial charge on any atom is 0.573 e. The standard InChI is InChI=1S/C16H14F3NO4/c1-22-13-8-4-5-9-14(13)23-10-15(21)20-11-6-2-3-7-12(11)24-16(17,18)19/h2-9H,10H2,1H3,(H,20,21). The third kappa shape index (κ3) is 5.08. The van der Waals surface area contributed by atoms with Crippen molar-refractivity contribution in [3.05, 3.63) is 48.5 Å². The average Bonchev–Trinajstić information content (AvgIpc) is 2.53. The number of rotatable bonds is 6. The molecular weight excluding hydrogens is 327 g/mol. The van der Waals surface area contributed by atoms with Gasteiger partial charge in [-0.1, -0.05) is 24.3 Å². The third-order valence-corrected chi connectivity index (χ3v) is 2.81. The maximum absolute atomic E-state index is 12.3. The zero-order chi connectivity index (χ0) is 17.6. The van der Waals surface area contributed by atoms with E-state index >= 15 is 0 Å². The molecule has 0 fully saturated rings. The number of methoxy groups -OCH3 is 1. The number of amides is 1. The van der Waals surface area contributed by atoms with E-state index < -0.39 is 24.6 Å². The van der Waals surface area contributed by atoms with Gasteiger partial charge in [-0.2, -0.15) is 0 Å². The smallest absolute Gasteiger partial charge is 0.493 e. The predicted molar refractivity (Wildman–Crippen MR) is 80.2 cm³/mol. The molecule has 0 saturated heterocycles. The largest absolute Gasteiger partial charge is 0.573 e. The van der Waals surface area contributed by atoms with Crippen molar-refractivity contribution < 1.29 is 32.2 Å². The van der Waals surface area contributed by atoms with Crippen LogP contribution in [0.1, 0.15) is 0 Å². The fraction of sp³-hybridized carbons (Fsp3) is 0.188. The molecule has 5 nitrogen and oxygen atoms in total. The van der Waals surface area contributed by atoms with E-state index in [0.717, 1.165) is 6.07 Å².